The van der Waals surface area contributed by atoms with E-state index < -0.39 is 0 Å². The molecule has 0 aromatic heterocycles. The molecule has 4 nitrogen and oxygen atoms in total. The largest absolute Gasteiger partial charge is 0.493 e. The molecule has 25 heavy (non-hydrogen) atoms. The van der Waals surface area contributed by atoms with Gasteiger partial charge in [0, 0.05) is 12.6 Å². The summed E-state index contributed by atoms with van der Waals surface area (Å²) in [4.78, 5) is 2.41. The molecule has 0 aliphatic carbocycles. The number of benzene rings is 2. The van der Waals surface area contributed by atoms with Gasteiger partial charge in [-0.2, -0.15) is 0 Å². The molecule has 3 rings (SSSR count). The Morgan fingerprint density at radius 2 is 1.72 bits per heavy atom. The normalized spacial score (nSPS) is 19.0. The third-order valence-electron chi connectivity index (χ3n) is 5.18. The molecular formula is C21H27NO3. The molecule has 1 heterocycles. The lowest BCUT2D eigenvalue weighted by Gasteiger charge is -2.34. The highest BCUT2D eigenvalue weighted by Gasteiger charge is 2.28. The summed E-state index contributed by atoms with van der Waals surface area (Å²) in [5, 5.41) is 10.0. The summed E-state index contributed by atoms with van der Waals surface area (Å²) in [7, 11) is 3.35. The molecule has 1 aliphatic heterocycles. The van der Waals surface area contributed by atoms with Crippen molar-refractivity contribution in [1.82, 2.24) is 4.90 Å². The fourth-order valence-corrected chi connectivity index (χ4v) is 3.83. The fraction of sp³-hybridized carbons (Fsp3) is 0.429. The van der Waals surface area contributed by atoms with Crippen molar-refractivity contribution >= 4 is 0 Å². The van der Waals surface area contributed by atoms with Crippen molar-refractivity contribution in [2.45, 2.75) is 31.8 Å². The van der Waals surface area contributed by atoms with Gasteiger partial charge >= 0.3 is 0 Å². The topological polar surface area (TPSA) is 41.9 Å². The van der Waals surface area contributed by atoms with Crippen LogP contribution < -0.4 is 9.47 Å². The highest BCUT2D eigenvalue weighted by atomic mass is 16.5. The van der Waals surface area contributed by atoms with E-state index in [1.54, 1.807) is 14.2 Å². The first-order chi connectivity index (χ1) is 12.2. The molecule has 0 amide bonds. The van der Waals surface area contributed by atoms with E-state index in [0.29, 0.717) is 6.04 Å². The third-order valence-corrected chi connectivity index (χ3v) is 5.18. The number of aliphatic hydroxyl groups is 1. The molecule has 0 saturated carbocycles. The maximum atomic E-state index is 10.0. The van der Waals surface area contributed by atoms with E-state index in [1.165, 1.54) is 11.1 Å². The summed E-state index contributed by atoms with van der Waals surface area (Å²) in [6.07, 6.45) is 1.86. The number of ether oxygens (including phenoxy) is 2. The van der Waals surface area contributed by atoms with E-state index in [9.17, 15) is 5.11 Å². The molecule has 0 unspecified atom stereocenters. The fourth-order valence-electron chi connectivity index (χ4n) is 3.83. The Balaban J connectivity index is 1.89. The van der Waals surface area contributed by atoms with Crippen molar-refractivity contribution in [3.63, 3.8) is 0 Å². The quantitative estimate of drug-likeness (QED) is 0.907. The predicted octanol–water partition coefficient (Wildman–Crippen LogP) is 3.23. The van der Waals surface area contributed by atoms with Crippen molar-refractivity contribution in [3.8, 4) is 11.5 Å². The summed E-state index contributed by atoms with van der Waals surface area (Å²) < 4.78 is 10.9. The average molecular weight is 341 g/mol. The van der Waals surface area contributed by atoms with Gasteiger partial charge in [-0.1, -0.05) is 30.3 Å². The summed E-state index contributed by atoms with van der Waals surface area (Å²) in [5.74, 6) is 1.56. The van der Waals surface area contributed by atoms with Crippen LogP contribution in [0.3, 0.4) is 0 Å². The Hall–Kier alpha value is -2.04. The van der Waals surface area contributed by atoms with Crippen LogP contribution in [0.25, 0.3) is 0 Å². The maximum Gasteiger partial charge on any atom is 0.161 e. The number of nitrogens with zero attached hydrogens (tertiary/aromatic N) is 1. The first-order valence-electron chi connectivity index (χ1n) is 8.83. The Morgan fingerprint density at radius 1 is 1.08 bits per heavy atom. The van der Waals surface area contributed by atoms with Crippen molar-refractivity contribution in [1.29, 1.82) is 0 Å². The number of methoxy groups -OCH3 is 2. The minimum Gasteiger partial charge on any atom is -0.493 e. The van der Waals surface area contributed by atoms with Crippen LogP contribution in [0.15, 0.2) is 42.5 Å². The van der Waals surface area contributed by atoms with Crippen molar-refractivity contribution in [2.24, 2.45) is 0 Å². The smallest absolute Gasteiger partial charge is 0.161 e. The standard InChI is InChI=1S/C21H27NO3/c1-15-11-18-13-21(25-3)20(24-2)12-17(18)9-10-22(15)19(14-23)16-7-5-4-6-8-16/h4-8,12-13,15,19,23H,9-11,14H2,1-3H3/t15-,19-/m0/s1. The van der Waals surface area contributed by atoms with E-state index >= 15 is 0 Å². The minimum absolute atomic E-state index is 0.0225. The van der Waals surface area contributed by atoms with Crippen molar-refractivity contribution in [2.75, 3.05) is 27.4 Å². The maximum absolute atomic E-state index is 10.0. The lowest BCUT2D eigenvalue weighted by atomic mass is 9.99. The summed E-state index contributed by atoms with van der Waals surface area (Å²) in [6, 6.07) is 14.8. The Bertz CT molecular complexity index is 702. The second kappa shape index (κ2) is 7.89. The van der Waals surface area contributed by atoms with Gasteiger partial charge in [0.05, 0.1) is 26.9 Å². The van der Waals surface area contributed by atoms with E-state index in [1.807, 2.05) is 18.2 Å². The van der Waals surface area contributed by atoms with E-state index in [4.69, 9.17) is 9.47 Å². The number of rotatable bonds is 5. The van der Waals surface area contributed by atoms with Crippen LogP contribution in [-0.4, -0.2) is 43.4 Å². The van der Waals surface area contributed by atoms with Gasteiger partial charge in [0.15, 0.2) is 11.5 Å². The van der Waals surface area contributed by atoms with Crippen LogP contribution in [0.1, 0.15) is 29.7 Å². The third kappa shape index (κ3) is 3.65. The molecule has 1 aliphatic rings. The van der Waals surface area contributed by atoms with Gasteiger partial charge in [-0.15, -0.1) is 0 Å². The molecule has 0 saturated heterocycles. The molecule has 2 atom stereocenters. The van der Waals surface area contributed by atoms with Crippen LogP contribution in [0.4, 0.5) is 0 Å². The van der Waals surface area contributed by atoms with Crippen LogP contribution in [0.5, 0.6) is 11.5 Å². The Morgan fingerprint density at radius 3 is 2.32 bits per heavy atom. The van der Waals surface area contributed by atoms with Crippen LogP contribution >= 0.6 is 0 Å². The molecule has 1 N–H and O–H groups in total. The average Bonchev–Trinajstić information content (AvgIpc) is 2.80. The molecule has 0 radical (unpaired) electrons. The minimum atomic E-state index is 0.0225. The lowest BCUT2D eigenvalue weighted by Crippen LogP contribution is -2.39. The number of fused-ring (bicyclic) bond motifs is 1. The van der Waals surface area contributed by atoms with Crippen LogP contribution in [-0.2, 0) is 12.8 Å². The first kappa shape index (κ1) is 17.8. The SMILES string of the molecule is COc1cc2c(cc1OC)C[C@H](C)N([C@@H](CO)c1ccccc1)CC2. The van der Waals surface area contributed by atoms with Crippen LogP contribution in [0.2, 0.25) is 0 Å². The van der Waals surface area contributed by atoms with Crippen LogP contribution in [0, 0.1) is 0 Å². The Labute approximate surface area is 150 Å². The molecule has 0 fully saturated rings. The highest BCUT2D eigenvalue weighted by Crippen LogP contribution is 2.35. The lowest BCUT2D eigenvalue weighted by molar-refractivity contribution is 0.0926. The van der Waals surface area contributed by atoms with E-state index in [-0.39, 0.29) is 12.6 Å². The molecule has 0 spiro atoms. The Kier molecular flexibility index (Phi) is 5.61. The van der Waals surface area contributed by atoms with Gasteiger partial charge in [-0.25, -0.2) is 0 Å². The highest BCUT2D eigenvalue weighted by molar-refractivity contribution is 5.48. The second-order valence-corrected chi connectivity index (χ2v) is 6.63. The number of hydrogen-bond donors (Lipinski definition) is 1. The van der Waals surface area contributed by atoms with Gasteiger partial charge in [-0.3, -0.25) is 4.90 Å². The molecule has 4 heteroatoms. The van der Waals surface area contributed by atoms with Gasteiger partial charge in [-0.05, 0) is 48.6 Å². The van der Waals surface area contributed by atoms with Crippen molar-refractivity contribution in [3.05, 3.63) is 59.2 Å². The molecule has 2 aromatic rings. The summed E-state index contributed by atoms with van der Waals surface area (Å²) in [6.45, 7) is 3.26. The zero-order chi connectivity index (χ0) is 17.8. The zero-order valence-corrected chi connectivity index (χ0v) is 15.2. The summed E-state index contributed by atoms with van der Waals surface area (Å²) >= 11 is 0. The van der Waals surface area contributed by atoms with Gasteiger partial charge in [0.2, 0.25) is 0 Å². The molecular weight excluding hydrogens is 314 g/mol. The number of aliphatic hydroxyl groups excluding tert-OH is 1. The van der Waals surface area contributed by atoms with Crippen molar-refractivity contribution < 1.29 is 14.6 Å². The molecule has 134 valence electrons. The van der Waals surface area contributed by atoms with Gasteiger partial charge < -0.3 is 14.6 Å². The number of hydrogen-bond acceptors (Lipinski definition) is 4. The molecule has 0 bridgehead atoms. The predicted molar refractivity (Wildman–Crippen MR) is 99.4 cm³/mol. The van der Waals surface area contributed by atoms with Gasteiger partial charge in [0.25, 0.3) is 0 Å². The monoisotopic (exact) mass is 341 g/mol. The summed E-state index contributed by atoms with van der Waals surface area (Å²) in [5.41, 5.74) is 3.77. The molecule has 2 aromatic carbocycles. The van der Waals surface area contributed by atoms with E-state index in [0.717, 1.165) is 36.4 Å². The second-order valence-electron chi connectivity index (χ2n) is 6.63. The zero-order valence-electron chi connectivity index (χ0n) is 15.2. The van der Waals surface area contributed by atoms with Gasteiger partial charge in [0.1, 0.15) is 0 Å². The first-order valence-corrected chi connectivity index (χ1v) is 8.83. The van der Waals surface area contributed by atoms with E-state index in [2.05, 4.69) is 36.1 Å².